The first-order valence-corrected chi connectivity index (χ1v) is 22.6. The molecule has 0 saturated carbocycles. The van der Waals surface area contributed by atoms with Crippen molar-refractivity contribution in [2.75, 3.05) is 27.4 Å². The van der Waals surface area contributed by atoms with Crippen molar-refractivity contribution < 1.29 is 33.1 Å². The standard InChI is InChI=1S/C46H57N4O9PS/c1-9-57-60(50(31(2)3)32(4)5,48-43(61)34-16-12-10-13-17-34)59-45(53)28-41(49-29-33(6)42(51)47-44(49)52)58-40(45)30-56-46(35-18-14-11-15-19-35,36-20-24-38(54-7)25-21-36)37-22-26-39(55-8)27-23-37/h10-27,29,31-32,40-41,53,60H,9,28,30H2,1-8H3,(H,48,61)(H,47,51,52)/t40-,41-,45+/m1/s1. The number of hydrogen-bond donors (Lipinski definition) is 3. The molecule has 1 aliphatic heterocycles. The Balaban J connectivity index is 1.53. The van der Waals surface area contributed by atoms with E-state index in [1.54, 1.807) is 21.1 Å². The van der Waals surface area contributed by atoms with Gasteiger partial charge in [-0.05, 0) is 0 Å². The molecule has 0 radical (unpaired) electrons. The van der Waals surface area contributed by atoms with E-state index in [1.807, 2.05) is 144 Å². The van der Waals surface area contributed by atoms with Gasteiger partial charge >= 0.3 is 364 Å². The summed E-state index contributed by atoms with van der Waals surface area (Å²) < 4.78 is 42.3. The summed E-state index contributed by atoms with van der Waals surface area (Å²) in [6.45, 7) is 11.5. The molecule has 3 atom stereocenters. The van der Waals surface area contributed by atoms with Gasteiger partial charge in [0.15, 0.2) is 0 Å². The van der Waals surface area contributed by atoms with Crippen LogP contribution in [0.25, 0.3) is 0 Å². The van der Waals surface area contributed by atoms with E-state index < -0.39 is 43.0 Å². The van der Waals surface area contributed by atoms with E-state index in [0.717, 1.165) is 22.3 Å². The number of aliphatic hydroxyl groups is 1. The van der Waals surface area contributed by atoms with Crippen molar-refractivity contribution in [3.05, 3.63) is 164 Å². The predicted octanol–water partition coefficient (Wildman–Crippen LogP) is 7.39. The first-order chi connectivity index (χ1) is 29.2. The van der Waals surface area contributed by atoms with Crippen molar-refractivity contribution in [1.82, 2.24) is 19.3 Å². The summed E-state index contributed by atoms with van der Waals surface area (Å²) in [6, 6.07) is 34.1. The van der Waals surface area contributed by atoms with Crippen LogP contribution < -0.4 is 25.8 Å². The zero-order chi connectivity index (χ0) is 44.0. The monoisotopic (exact) mass is 872 g/mol. The molecule has 1 aliphatic rings. The first kappa shape index (κ1) is 45.8. The number of aromatic nitrogens is 2. The molecule has 0 spiro atoms. The topological polar surface area (TPSA) is 146 Å². The molecule has 0 amide bonds. The summed E-state index contributed by atoms with van der Waals surface area (Å²) in [5.74, 6) is -0.867. The molecule has 6 rings (SSSR count). The normalized spacial score (nSPS) is 18.4. The summed E-state index contributed by atoms with van der Waals surface area (Å²) in [7, 11) is -0.830. The first-order valence-electron chi connectivity index (χ1n) is 20.4. The maximum atomic E-state index is 13.5. The van der Waals surface area contributed by atoms with Gasteiger partial charge in [0, 0.05) is 0 Å². The molecule has 5 aromatic rings. The van der Waals surface area contributed by atoms with Gasteiger partial charge in [0.25, 0.3) is 0 Å². The van der Waals surface area contributed by atoms with E-state index in [2.05, 4.69) is 14.7 Å². The number of hydrogen-bond acceptors (Lipinski definition) is 11. The fourth-order valence-electron chi connectivity index (χ4n) is 8.04. The Bertz CT molecular complexity index is 2290. The predicted molar refractivity (Wildman–Crippen MR) is 242 cm³/mol. The number of H-pyrrole nitrogens is 1. The van der Waals surface area contributed by atoms with Gasteiger partial charge in [-0.1, -0.05) is 0 Å². The number of methoxy groups -OCH3 is 2. The van der Waals surface area contributed by atoms with E-state index in [4.69, 9.17) is 40.2 Å². The Hall–Kier alpha value is -4.76. The second-order valence-electron chi connectivity index (χ2n) is 15.5. The van der Waals surface area contributed by atoms with Gasteiger partial charge in [-0.3, -0.25) is 0 Å². The molecule has 1 fully saturated rings. The van der Waals surface area contributed by atoms with Gasteiger partial charge in [-0.2, -0.15) is 0 Å². The molecular weight excluding hydrogens is 816 g/mol. The molecule has 2 heterocycles. The van der Waals surface area contributed by atoms with Crippen LogP contribution in [-0.2, 0) is 24.1 Å². The third-order valence-electron chi connectivity index (χ3n) is 10.8. The number of thiocarbonyl (C=S) groups is 1. The van der Waals surface area contributed by atoms with Crippen molar-refractivity contribution in [3.63, 3.8) is 0 Å². The second kappa shape index (κ2) is 19.5. The zero-order valence-corrected chi connectivity index (χ0v) is 37.7. The summed E-state index contributed by atoms with van der Waals surface area (Å²) in [5, 5.41) is 16.8. The number of aromatic amines is 1. The molecule has 0 unspecified atom stereocenters. The molecule has 0 aliphatic carbocycles. The fourth-order valence-corrected chi connectivity index (χ4v) is 12.0. The minimum absolute atomic E-state index is 0.152. The molecular formula is C46H57N4O9PS. The van der Waals surface area contributed by atoms with Crippen molar-refractivity contribution in [1.29, 1.82) is 0 Å². The van der Waals surface area contributed by atoms with Gasteiger partial charge in [0.2, 0.25) is 0 Å². The Labute approximate surface area is 363 Å². The van der Waals surface area contributed by atoms with E-state index in [9.17, 15) is 14.7 Å². The SMILES string of the molecule is CCO[PH](NC(=S)c1ccccc1)(O[C@@]1(O)C[C@H](n2cc(C)c(=O)[nH]c2=O)O[C@@H]1COC(c1ccccc1)(c1ccc(OC)cc1)c1ccc(OC)cc1)N(C(C)C)C(C)C. The van der Waals surface area contributed by atoms with Gasteiger partial charge in [0.05, 0.1) is 0 Å². The molecule has 326 valence electrons. The van der Waals surface area contributed by atoms with Crippen LogP contribution in [0.2, 0.25) is 0 Å². The molecule has 0 bridgehead atoms. The average molecular weight is 873 g/mol. The average Bonchev–Trinajstić information content (AvgIpc) is 3.57. The van der Waals surface area contributed by atoms with Gasteiger partial charge in [-0.25, -0.2) is 0 Å². The van der Waals surface area contributed by atoms with Crippen molar-refractivity contribution in [3.8, 4) is 11.5 Å². The summed E-state index contributed by atoms with van der Waals surface area (Å²) >= 11 is 6.03. The minimum atomic E-state index is -4.04. The number of ether oxygens (including phenoxy) is 4. The molecule has 1 aromatic heterocycles. The zero-order valence-electron chi connectivity index (χ0n) is 35.9. The number of aryl methyl sites for hydroxylation is 1. The summed E-state index contributed by atoms with van der Waals surface area (Å²) in [5.41, 5.74) is 0.801. The van der Waals surface area contributed by atoms with Crippen LogP contribution in [0.1, 0.15) is 75.1 Å². The second-order valence-corrected chi connectivity index (χ2v) is 18.3. The molecule has 15 heteroatoms. The van der Waals surface area contributed by atoms with Gasteiger partial charge in [-0.15, -0.1) is 0 Å². The van der Waals surface area contributed by atoms with Crippen LogP contribution in [0.15, 0.2) is 125 Å². The number of nitrogens with zero attached hydrogens (tertiary/aromatic N) is 2. The van der Waals surface area contributed by atoms with Crippen LogP contribution in [0.5, 0.6) is 11.5 Å². The van der Waals surface area contributed by atoms with E-state index in [0.29, 0.717) is 16.5 Å². The Morgan fingerprint density at radius 2 is 1.43 bits per heavy atom. The van der Waals surface area contributed by atoms with Crippen molar-refractivity contribution in [2.24, 2.45) is 0 Å². The van der Waals surface area contributed by atoms with Crippen LogP contribution in [0.4, 0.5) is 0 Å². The Morgan fingerprint density at radius 1 is 0.902 bits per heavy atom. The van der Waals surface area contributed by atoms with Crippen LogP contribution in [-0.4, -0.2) is 75.7 Å². The third-order valence-corrected chi connectivity index (χ3v) is 14.9. The molecule has 61 heavy (non-hydrogen) atoms. The Kier molecular flexibility index (Phi) is 14.6. The molecule has 1 saturated heterocycles. The molecule has 4 aromatic carbocycles. The fraction of sp³-hybridized carbons (Fsp3) is 0.370. The van der Waals surface area contributed by atoms with E-state index >= 15 is 0 Å². The van der Waals surface area contributed by atoms with Gasteiger partial charge < -0.3 is 0 Å². The molecule has 3 N–H and O–H groups in total. The summed E-state index contributed by atoms with van der Waals surface area (Å²) in [6.07, 6.45) is -1.18. The van der Waals surface area contributed by atoms with Crippen LogP contribution in [0, 0.1) is 6.92 Å². The van der Waals surface area contributed by atoms with Crippen LogP contribution >= 0.6 is 20.2 Å². The van der Waals surface area contributed by atoms with Crippen molar-refractivity contribution in [2.45, 2.75) is 83.8 Å². The number of rotatable bonds is 18. The summed E-state index contributed by atoms with van der Waals surface area (Å²) in [4.78, 5) is 28.7. The number of nitrogens with one attached hydrogen (secondary N) is 2. The third kappa shape index (κ3) is 9.67. The number of benzene rings is 4. The van der Waals surface area contributed by atoms with E-state index in [-0.39, 0.29) is 37.3 Å². The van der Waals surface area contributed by atoms with Crippen LogP contribution in [0.3, 0.4) is 0 Å². The molecule has 13 nitrogen and oxygen atoms in total. The maximum absolute atomic E-state index is 13.5. The Morgan fingerprint density at radius 3 is 1.93 bits per heavy atom. The van der Waals surface area contributed by atoms with E-state index in [1.165, 1.54) is 10.8 Å². The van der Waals surface area contributed by atoms with Crippen molar-refractivity contribution >= 4 is 25.2 Å². The quantitative estimate of drug-likeness (QED) is 0.0349. The van der Waals surface area contributed by atoms with Gasteiger partial charge in [0.1, 0.15) is 0 Å².